The van der Waals surface area contributed by atoms with Crippen LogP contribution in [0.3, 0.4) is 0 Å². The standard InChI is InChI=1S/C17H22N4O2/c1-4-13-5-7-14(8-6-13)21-17(22)15-11-16(18-9-10-23-3)20-12(2)19-15/h5-8,11H,4,9-10H2,1-3H3,(H,21,22)(H,18,19,20). The molecule has 0 unspecified atom stereocenters. The monoisotopic (exact) mass is 314 g/mol. The molecular formula is C17H22N4O2. The van der Waals surface area contributed by atoms with Crippen molar-refractivity contribution in [2.75, 3.05) is 30.9 Å². The number of aryl methyl sites for hydroxylation is 2. The smallest absolute Gasteiger partial charge is 0.274 e. The van der Waals surface area contributed by atoms with Crippen molar-refractivity contribution in [1.82, 2.24) is 9.97 Å². The van der Waals surface area contributed by atoms with Gasteiger partial charge in [0.15, 0.2) is 0 Å². The molecule has 0 saturated heterocycles. The SMILES string of the molecule is CCc1ccc(NC(=O)c2cc(NCCOC)nc(C)n2)cc1. The van der Waals surface area contributed by atoms with Crippen molar-refractivity contribution in [2.24, 2.45) is 0 Å². The van der Waals surface area contributed by atoms with E-state index in [4.69, 9.17) is 4.74 Å². The summed E-state index contributed by atoms with van der Waals surface area (Å²) >= 11 is 0. The van der Waals surface area contributed by atoms with Gasteiger partial charge in [-0.05, 0) is 31.0 Å². The van der Waals surface area contributed by atoms with Crippen LogP contribution in [0.5, 0.6) is 0 Å². The maximum Gasteiger partial charge on any atom is 0.274 e. The number of nitrogens with one attached hydrogen (secondary N) is 2. The summed E-state index contributed by atoms with van der Waals surface area (Å²) in [7, 11) is 1.63. The van der Waals surface area contributed by atoms with Gasteiger partial charge in [0.25, 0.3) is 5.91 Å². The Morgan fingerprint density at radius 1 is 1.22 bits per heavy atom. The van der Waals surface area contributed by atoms with Gasteiger partial charge < -0.3 is 15.4 Å². The number of ether oxygens (including phenoxy) is 1. The molecular weight excluding hydrogens is 292 g/mol. The van der Waals surface area contributed by atoms with Crippen molar-refractivity contribution >= 4 is 17.4 Å². The molecule has 6 heteroatoms. The van der Waals surface area contributed by atoms with Gasteiger partial charge in [-0.2, -0.15) is 0 Å². The van der Waals surface area contributed by atoms with E-state index in [9.17, 15) is 4.79 Å². The summed E-state index contributed by atoms with van der Waals surface area (Å²) in [4.78, 5) is 20.8. The molecule has 0 aliphatic rings. The van der Waals surface area contributed by atoms with Gasteiger partial charge in [0, 0.05) is 25.4 Å². The molecule has 0 saturated carbocycles. The Morgan fingerprint density at radius 2 is 1.96 bits per heavy atom. The number of aromatic nitrogens is 2. The van der Waals surface area contributed by atoms with Gasteiger partial charge in [-0.1, -0.05) is 19.1 Å². The number of hydrogen-bond donors (Lipinski definition) is 2. The molecule has 2 rings (SSSR count). The summed E-state index contributed by atoms with van der Waals surface area (Å²) in [6, 6.07) is 9.42. The average molecular weight is 314 g/mol. The molecule has 0 spiro atoms. The lowest BCUT2D eigenvalue weighted by Gasteiger charge is -2.09. The number of nitrogens with zero attached hydrogens (tertiary/aromatic N) is 2. The number of rotatable bonds is 7. The first-order valence-electron chi connectivity index (χ1n) is 7.61. The van der Waals surface area contributed by atoms with Gasteiger partial charge >= 0.3 is 0 Å². The van der Waals surface area contributed by atoms with Crippen LogP contribution in [0, 0.1) is 6.92 Å². The molecule has 1 aromatic carbocycles. The Bertz CT molecular complexity index is 656. The average Bonchev–Trinajstić information content (AvgIpc) is 2.55. The molecule has 0 aliphatic heterocycles. The number of carbonyl (C=O) groups excluding carboxylic acids is 1. The van der Waals surface area contributed by atoms with Gasteiger partial charge in [-0.3, -0.25) is 4.79 Å². The fraction of sp³-hybridized carbons (Fsp3) is 0.353. The molecule has 122 valence electrons. The highest BCUT2D eigenvalue weighted by Crippen LogP contribution is 2.13. The van der Waals surface area contributed by atoms with E-state index in [0.717, 1.165) is 12.1 Å². The molecule has 0 fully saturated rings. The normalized spacial score (nSPS) is 10.4. The van der Waals surface area contributed by atoms with E-state index in [0.29, 0.717) is 30.5 Å². The van der Waals surface area contributed by atoms with Crippen LogP contribution in [-0.4, -0.2) is 36.1 Å². The molecule has 1 aromatic heterocycles. The zero-order valence-electron chi connectivity index (χ0n) is 13.7. The predicted molar refractivity (Wildman–Crippen MR) is 90.9 cm³/mol. The van der Waals surface area contributed by atoms with Gasteiger partial charge in [0.05, 0.1) is 6.61 Å². The topological polar surface area (TPSA) is 76.1 Å². The molecule has 6 nitrogen and oxygen atoms in total. The van der Waals surface area contributed by atoms with Crippen LogP contribution in [0.25, 0.3) is 0 Å². The third-order valence-electron chi connectivity index (χ3n) is 3.30. The Morgan fingerprint density at radius 3 is 2.61 bits per heavy atom. The minimum atomic E-state index is -0.255. The van der Waals surface area contributed by atoms with Crippen LogP contribution in [0.15, 0.2) is 30.3 Å². The van der Waals surface area contributed by atoms with Crippen molar-refractivity contribution in [3.05, 3.63) is 47.4 Å². The van der Waals surface area contributed by atoms with E-state index < -0.39 is 0 Å². The number of hydrogen-bond acceptors (Lipinski definition) is 5. The summed E-state index contributed by atoms with van der Waals surface area (Å²) in [6.45, 7) is 5.03. The molecule has 1 heterocycles. The lowest BCUT2D eigenvalue weighted by Crippen LogP contribution is -2.16. The van der Waals surface area contributed by atoms with Gasteiger partial charge in [-0.15, -0.1) is 0 Å². The third kappa shape index (κ3) is 5.03. The van der Waals surface area contributed by atoms with Crippen molar-refractivity contribution < 1.29 is 9.53 Å². The Hall–Kier alpha value is -2.47. The maximum absolute atomic E-state index is 12.3. The first kappa shape index (κ1) is 16.9. The molecule has 0 bridgehead atoms. The second kappa shape index (κ2) is 8.24. The Balaban J connectivity index is 2.08. The predicted octanol–water partition coefficient (Wildman–Crippen LogP) is 2.66. The van der Waals surface area contributed by atoms with E-state index in [1.807, 2.05) is 24.3 Å². The molecule has 0 atom stereocenters. The second-order valence-electron chi connectivity index (χ2n) is 5.11. The summed E-state index contributed by atoms with van der Waals surface area (Å²) in [6.07, 6.45) is 0.968. The number of anilines is 2. The van der Waals surface area contributed by atoms with Crippen molar-refractivity contribution in [3.8, 4) is 0 Å². The van der Waals surface area contributed by atoms with Crippen LogP contribution in [0.1, 0.15) is 28.8 Å². The Labute approximate surface area is 136 Å². The first-order chi connectivity index (χ1) is 11.1. The lowest BCUT2D eigenvalue weighted by atomic mass is 10.1. The zero-order chi connectivity index (χ0) is 16.7. The number of carbonyl (C=O) groups is 1. The van der Waals surface area contributed by atoms with Crippen LogP contribution < -0.4 is 10.6 Å². The van der Waals surface area contributed by atoms with E-state index in [-0.39, 0.29) is 5.91 Å². The molecule has 23 heavy (non-hydrogen) atoms. The molecule has 2 aromatic rings. The summed E-state index contributed by atoms with van der Waals surface area (Å²) in [5.41, 5.74) is 2.31. The molecule has 1 amide bonds. The largest absolute Gasteiger partial charge is 0.383 e. The fourth-order valence-electron chi connectivity index (χ4n) is 2.07. The molecule has 0 aliphatic carbocycles. The number of amides is 1. The van der Waals surface area contributed by atoms with Crippen molar-refractivity contribution in [1.29, 1.82) is 0 Å². The minimum absolute atomic E-state index is 0.255. The third-order valence-corrected chi connectivity index (χ3v) is 3.30. The highest BCUT2D eigenvalue weighted by molar-refractivity contribution is 6.03. The van der Waals surface area contributed by atoms with Crippen LogP contribution in [-0.2, 0) is 11.2 Å². The summed E-state index contributed by atoms with van der Waals surface area (Å²) < 4.78 is 4.98. The quantitative estimate of drug-likeness (QED) is 0.768. The van der Waals surface area contributed by atoms with E-state index >= 15 is 0 Å². The first-order valence-corrected chi connectivity index (χ1v) is 7.61. The van der Waals surface area contributed by atoms with Crippen LogP contribution >= 0.6 is 0 Å². The fourth-order valence-corrected chi connectivity index (χ4v) is 2.07. The van der Waals surface area contributed by atoms with Crippen molar-refractivity contribution in [3.63, 3.8) is 0 Å². The number of benzene rings is 1. The second-order valence-corrected chi connectivity index (χ2v) is 5.11. The Kier molecular flexibility index (Phi) is 6.05. The highest BCUT2D eigenvalue weighted by atomic mass is 16.5. The summed E-state index contributed by atoms with van der Waals surface area (Å²) in [5.74, 6) is 0.898. The number of methoxy groups -OCH3 is 1. The summed E-state index contributed by atoms with van der Waals surface area (Å²) in [5, 5.41) is 5.95. The minimum Gasteiger partial charge on any atom is -0.383 e. The van der Waals surface area contributed by atoms with Crippen LogP contribution in [0.2, 0.25) is 0 Å². The van der Waals surface area contributed by atoms with Crippen molar-refractivity contribution in [2.45, 2.75) is 20.3 Å². The zero-order valence-corrected chi connectivity index (χ0v) is 13.7. The molecule has 2 N–H and O–H groups in total. The van der Waals surface area contributed by atoms with Gasteiger partial charge in [0.2, 0.25) is 0 Å². The van der Waals surface area contributed by atoms with E-state index in [2.05, 4.69) is 27.5 Å². The van der Waals surface area contributed by atoms with Crippen LogP contribution in [0.4, 0.5) is 11.5 Å². The van der Waals surface area contributed by atoms with Gasteiger partial charge in [-0.25, -0.2) is 9.97 Å². The maximum atomic E-state index is 12.3. The van der Waals surface area contributed by atoms with E-state index in [1.165, 1.54) is 5.56 Å². The van der Waals surface area contributed by atoms with Gasteiger partial charge in [0.1, 0.15) is 17.3 Å². The van der Waals surface area contributed by atoms with E-state index in [1.54, 1.807) is 20.1 Å². The molecule has 0 radical (unpaired) electrons. The highest BCUT2D eigenvalue weighted by Gasteiger charge is 2.11. The lowest BCUT2D eigenvalue weighted by molar-refractivity contribution is 0.102.